The normalized spacial score (nSPS) is 11.4. The Morgan fingerprint density at radius 2 is 0.816 bits per heavy atom. The Bertz CT molecular complexity index is 2800. The van der Waals surface area contributed by atoms with Gasteiger partial charge < -0.3 is 4.57 Å². The van der Waals surface area contributed by atoms with Gasteiger partial charge in [0, 0.05) is 21.7 Å². The Morgan fingerprint density at radius 1 is 0.367 bits per heavy atom. The molecule has 0 saturated carbocycles. The molecule has 0 atom stereocenters. The average Bonchev–Trinajstić information content (AvgIpc) is 3.21. The number of fused-ring (bicyclic) bond motifs is 8. The van der Waals surface area contributed by atoms with Crippen molar-refractivity contribution in [3.63, 3.8) is 0 Å². The van der Waals surface area contributed by atoms with Crippen LogP contribution >= 0.6 is 0 Å². The van der Waals surface area contributed by atoms with Gasteiger partial charge in [-0.05, 0) is 66.4 Å². The molecule has 0 fully saturated rings. The lowest BCUT2D eigenvalue weighted by molar-refractivity contribution is 1.11. The molecule has 1 nitrogen and oxygen atoms in total. The predicted molar refractivity (Wildman–Crippen MR) is 214 cm³/mol. The van der Waals surface area contributed by atoms with E-state index in [1.54, 1.807) is 0 Å². The Hall–Kier alpha value is -6.44. The minimum absolute atomic E-state index is 0.982. The fourth-order valence-corrected chi connectivity index (χ4v) is 7.93. The molecule has 49 heavy (non-hydrogen) atoms. The van der Waals surface area contributed by atoms with E-state index in [0.29, 0.717) is 0 Å². The van der Waals surface area contributed by atoms with Crippen molar-refractivity contribution in [3.8, 4) is 16.8 Å². The highest BCUT2D eigenvalue weighted by Gasteiger charge is 2.20. The highest BCUT2D eigenvalue weighted by atomic mass is 15.0. The molecule has 0 aliphatic heterocycles. The van der Waals surface area contributed by atoms with Crippen LogP contribution in [0.3, 0.4) is 0 Å². The molecule has 0 aliphatic carbocycles. The van der Waals surface area contributed by atoms with Gasteiger partial charge in [0.05, 0.1) is 16.9 Å². The largest absolute Gasteiger partial charge is 0.308 e. The molecule has 0 bridgehead atoms. The SMILES string of the molecule is C=Cc1c(C=C)n(-c2c3ccccc3c(-c3cccc4ccccc34)c3ccccc23)c2ccccc2c2ccccc2c2ccccc12. The maximum atomic E-state index is 4.47. The Balaban J connectivity index is 1.60. The average molecular weight is 624 g/mol. The summed E-state index contributed by atoms with van der Waals surface area (Å²) in [6.07, 6.45) is 4.00. The summed E-state index contributed by atoms with van der Waals surface area (Å²) in [5.41, 5.74) is 6.70. The highest BCUT2D eigenvalue weighted by molar-refractivity contribution is 6.22. The first-order chi connectivity index (χ1) is 24.3. The van der Waals surface area contributed by atoms with Gasteiger partial charge in [-0.15, -0.1) is 0 Å². The molecule has 9 rings (SSSR count). The summed E-state index contributed by atoms with van der Waals surface area (Å²) in [5, 5.41) is 13.0. The van der Waals surface area contributed by atoms with Crippen molar-refractivity contribution in [2.75, 3.05) is 0 Å². The van der Waals surface area contributed by atoms with Crippen LogP contribution in [-0.4, -0.2) is 4.57 Å². The van der Waals surface area contributed by atoms with Crippen LogP contribution in [0.4, 0.5) is 0 Å². The quantitative estimate of drug-likeness (QED) is 0.172. The first kappa shape index (κ1) is 28.8. The van der Waals surface area contributed by atoms with E-state index < -0.39 is 0 Å². The molecule has 0 N–H and O–H groups in total. The van der Waals surface area contributed by atoms with E-state index in [0.717, 1.165) is 33.2 Å². The minimum atomic E-state index is 0.982. The zero-order valence-corrected chi connectivity index (χ0v) is 27.1. The second kappa shape index (κ2) is 11.7. The molecule has 8 aromatic carbocycles. The molecular weight excluding hydrogens is 591 g/mol. The predicted octanol–water partition coefficient (Wildman–Crippen LogP) is 13.5. The van der Waals surface area contributed by atoms with Crippen molar-refractivity contribution in [2.45, 2.75) is 0 Å². The second-order valence-corrected chi connectivity index (χ2v) is 12.5. The summed E-state index contributed by atoms with van der Waals surface area (Å²) in [7, 11) is 0. The lowest BCUT2D eigenvalue weighted by Crippen LogP contribution is -2.05. The molecule has 0 unspecified atom stereocenters. The molecule has 0 amide bonds. The fraction of sp³-hybridized carbons (Fsp3) is 0. The van der Waals surface area contributed by atoms with Gasteiger partial charge in [-0.1, -0.05) is 177 Å². The molecule has 1 heteroatoms. The van der Waals surface area contributed by atoms with Crippen LogP contribution < -0.4 is 0 Å². The van der Waals surface area contributed by atoms with Crippen LogP contribution in [0.5, 0.6) is 0 Å². The molecule has 1 heterocycles. The summed E-state index contributed by atoms with van der Waals surface area (Å²) >= 11 is 0. The number of benzene rings is 8. The summed E-state index contributed by atoms with van der Waals surface area (Å²) < 4.78 is 2.44. The van der Waals surface area contributed by atoms with Crippen LogP contribution in [0.25, 0.3) is 93.7 Å². The smallest absolute Gasteiger partial charge is 0.0619 e. The van der Waals surface area contributed by atoms with Gasteiger partial charge in [0.2, 0.25) is 0 Å². The lowest BCUT2D eigenvalue weighted by Gasteiger charge is -2.23. The maximum absolute atomic E-state index is 4.47. The van der Waals surface area contributed by atoms with Gasteiger partial charge in [-0.25, -0.2) is 0 Å². The van der Waals surface area contributed by atoms with Crippen LogP contribution in [0.2, 0.25) is 0 Å². The summed E-state index contributed by atoms with van der Waals surface area (Å²) in [4.78, 5) is 0. The van der Waals surface area contributed by atoms with Gasteiger partial charge in [0.15, 0.2) is 0 Å². The number of hydrogen-bond acceptors (Lipinski definition) is 0. The Kier molecular flexibility index (Phi) is 6.85. The van der Waals surface area contributed by atoms with Crippen LogP contribution in [0, 0.1) is 0 Å². The zero-order chi connectivity index (χ0) is 32.9. The van der Waals surface area contributed by atoms with Crippen molar-refractivity contribution >= 4 is 76.9 Å². The van der Waals surface area contributed by atoms with Crippen LogP contribution in [0.15, 0.2) is 177 Å². The minimum Gasteiger partial charge on any atom is -0.308 e. The van der Waals surface area contributed by atoms with Gasteiger partial charge in [0.1, 0.15) is 0 Å². The molecule has 0 spiro atoms. The molecule has 230 valence electrons. The number of rotatable bonds is 4. The van der Waals surface area contributed by atoms with Crippen LogP contribution in [0.1, 0.15) is 11.3 Å². The molecular formula is C48H33N. The van der Waals surface area contributed by atoms with Crippen molar-refractivity contribution in [3.05, 3.63) is 188 Å². The standard InChI is InChI=1S/C48H33N/c1-3-33-35-21-7-8-22-36(35)37-23-9-10-24-38(37)39-25-15-16-31-46(39)49(45(33)4-2)48-43-28-13-11-26-41(43)47(42-27-12-14-29-44(42)48)40-30-17-19-32-18-5-6-20-34(32)40/h3-31H,1-2H2. The van der Waals surface area contributed by atoms with Gasteiger partial charge in [-0.3, -0.25) is 0 Å². The molecule has 1 aromatic heterocycles. The molecule has 0 aliphatic rings. The maximum Gasteiger partial charge on any atom is 0.0619 e. The summed E-state index contributed by atoms with van der Waals surface area (Å²) in [5.74, 6) is 0. The van der Waals surface area contributed by atoms with Crippen molar-refractivity contribution in [1.82, 2.24) is 4.57 Å². The van der Waals surface area contributed by atoms with Crippen LogP contribution in [-0.2, 0) is 0 Å². The number of hydrogen-bond donors (Lipinski definition) is 0. The Labute approximate surface area is 285 Å². The first-order valence-electron chi connectivity index (χ1n) is 16.8. The summed E-state index contributed by atoms with van der Waals surface area (Å²) in [6.45, 7) is 8.87. The molecule has 9 aromatic rings. The molecule has 0 radical (unpaired) electrons. The van der Waals surface area contributed by atoms with Crippen molar-refractivity contribution < 1.29 is 0 Å². The monoisotopic (exact) mass is 623 g/mol. The summed E-state index contributed by atoms with van der Waals surface area (Å²) in [6, 6.07) is 59.3. The zero-order valence-electron chi connectivity index (χ0n) is 27.1. The third-order valence-corrected chi connectivity index (χ3v) is 9.97. The second-order valence-electron chi connectivity index (χ2n) is 12.5. The van der Waals surface area contributed by atoms with E-state index in [4.69, 9.17) is 0 Å². The number of aromatic nitrogens is 1. The highest BCUT2D eigenvalue weighted by Crippen LogP contribution is 2.45. The van der Waals surface area contributed by atoms with Crippen molar-refractivity contribution in [2.24, 2.45) is 0 Å². The topological polar surface area (TPSA) is 4.93 Å². The van der Waals surface area contributed by atoms with E-state index >= 15 is 0 Å². The Morgan fingerprint density at radius 3 is 1.43 bits per heavy atom. The third-order valence-electron chi connectivity index (χ3n) is 9.97. The lowest BCUT2D eigenvalue weighted by atomic mass is 9.88. The first-order valence-corrected chi connectivity index (χ1v) is 16.8. The van der Waals surface area contributed by atoms with Crippen molar-refractivity contribution in [1.29, 1.82) is 0 Å². The van der Waals surface area contributed by atoms with E-state index in [2.05, 4.69) is 182 Å². The molecule has 0 saturated heterocycles. The van der Waals surface area contributed by atoms with E-state index in [1.165, 1.54) is 59.6 Å². The number of nitrogens with zero attached hydrogens (tertiary/aromatic N) is 1. The van der Waals surface area contributed by atoms with E-state index in [1.807, 2.05) is 12.2 Å². The van der Waals surface area contributed by atoms with E-state index in [-0.39, 0.29) is 0 Å². The third kappa shape index (κ3) is 4.40. The van der Waals surface area contributed by atoms with Gasteiger partial charge >= 0.3 is 0 Å². The van der Waals surface area contributed by atoms with E-state index in [9.17, 15) is 0 Å². The fourth-order valence-electron chi connectivity index (χ4n) is 7.93. The number of para-hydroxylation sites is 1. The van der Waals surface area contributed by atoms with Gasteiger partial charge in [-0.2, -0.15) is 0 Å². The van der Waals surface area contributed by atoms with Gasteiger partial charge in [0.25, 0.3) is 0 Å².